The summed E-state index contributed by atoms with van der Waals surface area (Å²) in [5, 5.41) is 2.38. The monoisotopic (exact) mass is 373 g/mol. The number of benzene rings is 1. The van der Waals surface area contributed by atoms with Crippen LogP contribution in [0.4, 0.5) is 0 Å². The van der Waals surface area contributed by atoms with E-state index in [1.165, 1.54) is 10.8 Å². The van der Waals surface area contributed by atoms with Crippen LogP contribution in [-0.2, 0) is 3.84 Å². The van der Waals surface area contributed by atoms with Gasteiger partial charge < -0.3 is 0 Å². The van der Waals surface area contributed by atoms with Crippen LogP contribution in [0.25, 0.3) is 10.8 Å². The molecule has 0 atom stereocenters. The van der Waals surface area contributed by atoms with Crippen LogP contribution in [0.3, 0.4) is 0 Å². The Balaban J connectivity index is 0.000000443. The number of fused-ring (bicyclic) bond motifs is 1. The van der Waals surface area contributed by atoms with E-state index in [0.29, 0.717) is 0 Å². The van der Waals surface area contributed by atoms with Crippen molar-refractivity contribution in [1.82, 2.24) is 4.98 Å². The molecular formula is C9H6BrCl2NOSe. The van der Waals surface area contributed by atoms with Crippen molar-refractivity contribution < 1.29 is 3.84 Å². The summed E-state index contributed by atoms with van der Waals surface area (Å²) in [6, 6.07) is 8.15. The van der Waals surface area contributed by atoms with Gasteiger partial charge in [0, 0.05) is 39.3 Å². The second-order valence-corrected chi connectivity index (χ2v) is 3.72. The number of rotatable bonds is 0. The predicted octanol–water partition coefficient (Wildman–Crippen LogP) is 3.93. The van der Waals surface area contributed by atoms with Crippen molar-refractivity contribution in [3.63, 3.8) is 0 Å². The maximum absolute atomic E-state index is 4.26. The Morgan fingerprint density at radius 1 is 1.13 bits per heavy atom. The molecule has 15 heavy (non-hydrogen) atoms. The second kappa shape index (κ2) is 8.34. The van der Waals surface area contributed by atoms with Gasteiger partial charge in [0.15, 0.2) is 0 Å². The third kappa shape index (κ3) is 4.68. The Kier molecular flexibility index (Phi) is 8.43. The topological polar surface area (TPSA) is 22.1 Å². The van der Waals surface area contributed by atoms with Crippen molar-refractivity contribution in [1.29, 1.82) is 0 Å². The average Bonchev–Trinajstić information content (AvgIpc) is 2.20. The third-order valence-electron chi connectivity index (χ3n) is 1.62. The molecule has 6 heteroatoms. The van der Waals surface area contributed by atoms with E-state index in [2.05, 4.69) is 54.6 Å². The fourth-order valence-electron chi connectivity index (χ4n) is 1.08. The third-order valence-corrected chi connectivity index (χ3v) is 2.25. The van der Waals surface area contributed by atoms with Crippen molar-refractivity contribution >= 4 is 67.5 Å². The molecule has 0 N–H and O–H groups in total. The molecule has 2 aromatic rings. The summed E-state index contributed by atoms with van der Waals surface area (Å²) in [6.07, 6.45) is 3.67. The summed E-state index contributed by atoms with van der Waals surface area (Å²) in [5.74, 6) is 0. The molecular weight excluding hydrogens is 368 g/mol. The van der Waals surface area contributed by atoms with Gasteiger partial charge in [-0.2, -0.15) is 3.84 Å². The fourth-order valence-corrected chi connectivity index (χ4v) is 1.56. The molecule has 0 aliphatic carbocycles. The summed E-state index contributed by atoms with van der Waals surface area (Å²) < 4.78 is 4.25. The van der Waals surface area contributed by atoms with Crippen LogP contribution in [0, 0.1) is 0 Å². The predicted molar refractivity (Wildman–Crippen MR) is 68.0 cm³/mol. The molecule has 1 aromatic heterocycles. The van der Waals surface area contributed by atoms with E-state index in [9.17, 15) is 0 Å². The molecule has 2 nitrogen and oxygen atoms in total. The van der Waals surface area contributed by atoms with Gasteiger partial charge in [0.2, 0.25) is 0 Å². The number of pyridine rings is 1. The van der Waals surface area contributed by atoms with Crippen LogP contribution in [0.5, 0.6) is 0 Å². The molecule has 0 unspecified atom stereocenters. The minimum atomic E-state index is 0. The molecule has 0 saturated carbocycles. The molecule has 0 bridgehead atoms. The quantitative estimate of drug-likeness (QED) is 0.653. The molecule has 0 saturated heterocycles. The van der Waals surface area contributed by atoms with E-state index >= 15 is 0 Å². The van der Waals surface area contributed by atoms with E-state index in [0.717, 1.165) is 4.47 Å². The van der Waals surface area contributed by atoms with Gasteiger partial charge in [-0.05, 0) is 21.3 Å². The number of hydrogen-bond donors (Lipinski definition) is 0. The Bertz CT molecular complexity index is 411. The van der Waals surface area contributed by atoms with Gasteiger partial charge in [-0.25, -0.2) is 0 Å². The molecule has 1 heterocycles. The van der Waals surface area contributed by atoms with E-state index < -0.39 is 0 Å². The summed E-state index contributed by atoms with van der Waals surface area (Å²) in [6.45, 7) is 0. The summed E-state index contributed by atoms with van der Waals surface area (Å²) in [5.41, 5.74) is 0. The van der Waals surface area contributed by atoms with Crippen LogP contribution >= 0.6 is 39.7 Å². The van der Waals surface area contributed by atoms with Crippen LogP contribution in [0.15, 0.2) is 41.1 Å². The first kappa shape index (κ1) is 15.2. The van der Waals surface area contributed by atoms with Gasteiger partial charge in [0.05, 0.1) is 23.7 Å². The zero-order chi connectivity index (χ0) is 10.4. The smallest absolute Gasteiger partial charge is 0.0832 e. The van der Waals surface area contributed by atoms with Gasteiger partial charge in [-0.3, -0.25) is 4.98 Å². The SMILES string of the molecule is Brc1cncc2ccccc12.ClOCl.[Se]. The molecule has 2 radical (unpaired) electrons. The maximum Gasteiger partial charge on any atom is 0.0832 e. The van der Waals surface area contributed by atoms with E-state index in [1.807, 2.05) is 30.6 Å². The normalized spacial score (nSPS) is 8.73. The van der Waals surface area contributed by atoms with Crippen molar-refractivity contribution in [2.75, 3.05) is 0 Å². The second-order valence-electron chi connectivity index (χ2n) is 2.40. The molecule has 80 valence electrons. The van der Waals surface area contributed by atoms with E-state index in [1.54, 1.807) is 0 Å². The Labute approximate surface area is 117 Å². The van der Waals surface area contributed by atoms with E-state index in [4.69, 9.17) is 0 Å². The minimum Gasteiger partial charge on any atom is -0.263 e. The Morgan fingerprint density at radius 2 is 1.73 bits per heavy atom. The fraction of sp³-hybridized carbons (Fsp3) is 0. The largest absolute Gasteiger partial charge is 0.263 e. The van der Waals surface area contributed by atoms with Crippen molar-refractivity contribution in [3.05, 3.63) is 41.1 Å². The average molecular weight is 374 g/mol. The number of nitrogens with zero attached hydrogens (tertiary/aromatic N) is 1. The number of aromatic nitrogens is 1. The standard InChI is InChI=1S/C9H6BrN.Cl2O.Se/c10-9-6-11-5-7-3-1-2-4-8(7)9;1-3-2;/h1-6H;;. The zero-order valence-electron chi connectivity index (χ0n) is 7.36. The molecule has 0 spiro atoms. The van der Waals surface area contributed by atoms with Crippen molar-refractivity contribution in [3.8, 4) is 0 Å². The van der Waals surface area contributed by atoms with Gasteiger partial charge in [-0.15, -0.1) is 0 Å². The first-order valence-corrected chi connectivity index (χ1v) is 5.08. The number of hydrogen-bond acceptors (Lipinski definition) is 2. The van der Waals surface area contributed by atoms with Crippen molar-refractivity contribution in [2.45, 2.75) is 0 Å². The molecule has 1 aromatic carbocycles. The van der Waals surface area contributed by atoms with Gasteiger partial charge >= 0.3 is 0 Å². The van der Waals surface area contributed by atoms with Crippen LogP contribution in [-0.4, -0.2) is 22.1 Å². The Hall–Kier alpha value is 0.169. The minimum absolute atomic E-state index is 0. The molecule has 0 aliphatic heterocycles. The van der Waals surface area contributed by atoms with Crippen LogP contribution < -0.4 is 0 Å². The van der Waals surface area contributed by atoms with Crippen molar-refractivity contribution in [2.24, 2.45) is 0 Å². The molecule has 0 amide bonds. The first-order chi connectivity index (χ1) is 6.79. The summed E-state index contributed by atoms with van der Waals surface area (Å²) in [4.78, 5) is 4.07. The van der Waals surface area contributed by atoms with Gasteiger partial charge in [-0.1, -0.05) is 24.3 Å². The van der Waals surface area contributed by atoms with E-state index in [-0.39, 0.29) is 17.1 Å². The maximum atomic E-state index is 4.26. The molecule has 0 fully saturated rings. The molecule has 2 rings (SSSR count). The number of halogens is 3. The van der Waals surface area contributed by atoms with Gasteiger partial charge in [0.1, 0.15) is 0 Å². The molecule has 0 aliphatic rings. The Morgan fingerprint density at radius 3 is 2.33 bits per heavy atom. The van der Waals surface area contributed by atoms with Gasteiger partial charge in [0.25, 0.3) is 0 Å². The van der Waals surface area contributed by atoms with Crippen LogP contribution in [0.1, 0.15) is 0 Å². The summed E-state index contributed by atoms with van der Waals surface area (Å²) in [7, 11) is 0. The first-order valence-electron chi connectivity index (χ1n) is 3.67. The van der Waals surface area contributed by atoms with Crippen LogP contribution in [0.2, 0.25) is 0 Å². The summed E-state index contributed by atoms with van der Waals surface area (Å²) >= 11 is 12.0. The zero-order valence-corrected chi connectivity index (χ0v) is 12.2.